The van der Waals surface area contributed by atoms with E-state index in [0.717, 1.165) is 46.3 Å². The number of fused-ring (bicyclic) bond motifs is 1. The van der Waals surface area contributed by atoms with Crippen molar-refractivity contribution in [3.05, 3.63) is 75.8 Å². The molecule has 1 aromatic carbocycles. The molecule has 4 aromatic rings. The van der Waals surface area contributed by atoms with Crippen LogP contribution < -0.4 is 0 Å². The average Bonchev–Trinajstić information content (AvgIpc) is 3.61. The third-order valence-electron chi connectivity index (χ3n) is 6.14. The summed E-state index contributed by atoms with van der Waals surface area (Å²) in [5.74, 6) is 0.758. The van der Waals surface area contributed by atoms with Crippen LogP contribution in [0.25, 0.3) is 10.2 Å². The van der Waals surface area contributed by atoms with E-state index in [-0.39, 0.29) is 18.0 Å². The molecule has 1 amide bonds. The molecule has 1 fully saturated rings. The van der Waals surface area contributed by atoms with E-state index in [1.807, 2.05) is 35.7 Å². The van der Waals surface area contributed by atoms with Crippen molar-refractivity contribution >= 4 is 44.5 Å². The van der Waals surface area contributed by atoms with E-state index in [4.69, 9.17) is 14.5 Å². The lowest BCUT2D eigenvalue weighted by Gasteiger charge is -2.26. The second-order valence-corrected chi connectivity index (χ2v) is 10.2. The number of hydrazone groups is 1. The highest BCUT2D eigenvalue weighted by Crippen LogP contribution is 2.38. The molecule has 0 N–H and O–H groups in total. The maximum absolute atomic E-state index is 13.5. The van der Waals surface area contributed by atoms with Gasteiger partial charge in [0.25, 0.3) is 5.91 Å². The minimum atomic E-state index is -0.0777. The summed E-state index contributed by atoms with van der Waals surface area (Å²) in [7, 11) is 0. The number of carbonyl (C=O) groups excluding carboxylic acids is 1. The molecule has 0 aliphatic carbocycles. The van der Waals surface area contributed by atoms with Crippen molar-refractivity contribution in [2.75, 3.05) is 13.1 Å². The monoisotopic (exact) mass is 462 g/mol. The fourth-order valence-electron chi connectivity index (χ4n) is 4.61. The van der Waals surface area contributed by atoms with Crippen LogP contribution in [0.4, 0.5) is 0 Å². The molecular weight excluding hydrogens is 440 g/mol. The van der Waals surface area contributed by atoms with E-state index in [0.29, 0.717) is 13.0 Å². The summed E-state index contributed by atoms with van der Waals surface area (Å²) in [4.78, 5) is 21.8. The number of aromatic nitrogens is 1. The Morgan fingerprint density at radius 1 is 1.12 bits per heavy atom. The van der Waals surface area contributed by atoms with Crippen molar-refractivity contribution in [2.24, 2.45) is 5.10 Å². The zero-order chi connectivity index (χ0) is 21.5. The second kappa shape index (κ2) is 8.27. The molecule has 1 saturated heterocycles. The predicted octanol–water partition coefficient (Wildman–Crippen LogP) is 5.47. The molecule has 2 aliphatic heterocycles. The Labute approximate surface area is 193 Å². The van der Waals surface area contributed by atoms with Gasteiger partial charge in [-0.3, -0.25) is 9.69 Å². The van der Waals surface area contributed by atoms with Crippen LogP contribution in [-0.2, 0) is 4.79 Å². The van der Waals surface area contributed by atoms with Crippen molar-refractivity contribution in [3.8, 4) is 0 Å². The zero-order valence-electron chi connectivity index (χ0n) is 17.4. The van der Waals surface area contributed by atoms with E-state index in [2.05, 4.69) is 23.1 Å². The fraction of sp³-hybridized carbons (Fsp3) is 0.292. The molecule has 6 rings (SSSR count). The first-order chi connectivity index (χ1) is 15.8. The Balaban J connectivity index is 1.25. The number of hydrogen-bond donors (Lipinski definition) is 0. The molecule has 162 valence electrons. The van der Waals surface area contributed by atoms with Crippen molar-refractivity contribution in [1.29, 1.82) is 0 Å². The molecule has 3 aromatic heterocycles. The lowest BCUT2D eigenvalue weighted by atomic mass is 10.1. The van der Waals surface area contributed by atoms with E-state index in [1.54, 1.807) is 33.9 Å². The normalized spacial score (nSPS) is 21.5. The summed E-state index contributed by atoms with van der Waals surface area (Å²) in [5, 5.41) is 9.55. The van der Waals surface area contributed by atoms with E-state index in [1.165, 1.54) is 4.70 Å². The van der Waals surface area contributed by atoms with Crippen molar-refractivity contribution in [3.63, 3.8) is 0 Å². The van der Waals surface area contributed by atoms with E-state index < -0.39 is 0 Å². The summed E-state index contributed by atoms with van der Waals surface area (Å²) in [6.45, 7) is 1.25. The lowest BCUT2D eigenvalue weighted by molar-refractivity contribution is -0.134. The highest BCUT2D eigenvalue weighted by molar-refractivity contribution is 7.18. The van der Waals surface area contributed by atoms with Crippen LogP contribution in [0.15, 0.2) is 69.7 Å². The van der Waals surface area contributed by atoms with Gasteiger partial charge in [0.15, 0.2) is 0 Å². The van der Waals surface area contributed by atoms with Crippen LogP contribution in [-0.4, -0.2) is 39.6 Å². The number of furan rings is 1. The number of carbonyl (C=O) groups is 1. The Hall–Kier alpha value is -2.81. The SMILES string of the molecule is O=C(CN1CCC[C@@H]1c1nc2ccccc2s1)N1N=C(c2ccco2)C[C@@H]1c1cccs1. The fourth-order valence-corrected chi connectivity index (χ4v) is 6.56. The first kappa shape index (κ1) is 19.8. The molecule has 0 radical (unpaired) electrons. The van der Waals surface area contributed by atoms with Gasteiger partial charge in [0, 0.05) is 11.3 Å². The largest absolute Gasteiger partial charge is 0.463 e. The maximum atomic E-state index is 13.5. The number of nitrogens with zero attached hydrogens (tertiary/aromatic N) is 4. The first-order valence-corrected chi connectivity index (χ1v) is 12.5. The van der Waals surface area contributed by atoms with Gasteiger partial charge in [-0.15, -0.1) is 22.7 Å². The molecule has 0 bridgehead atoms. The standard InChI is InChI=1S/C24H22N4O2S2/c29-23(15-27-11-3-7-18(27)24-25-16-6-1-2-9-21(16)32-24)28-19(22-10-5-13-31-22)14-17(26-28)20-8-4-12-30-20/h1-2,4-6,8-10,12-13,18-19H,3,7,11,14-15H2/t18-,19-/m1/s1. The highest BCUT2D eigenvalue weighted by atomic mass is 32.1. The van der Waals surface area contributed by atoms with Crippen LogP contribution in [0, 0.1) is 0 Å². The number of thiazole rings is 1. The van der Waals surface area contributed by atoms with Crippen LogP contribution in [0.5, 0.6) is 0 Å². The molecule has 2 atom stereocenters. The van der Waals surface area contributed by atoms with Gasteiger partial charge in [0.05, 0.1) is 35.1 Å². The average molecular weight is 463 g/mol. The van der Waals surface area contributed by atoms with E-state index in [9.17, 15) is 4.79 Å². The van der Waals surface area contributed by atoms with Crippen molar-refractivity contribution in [1.82, 2.24) is 14.9 Å². The number of thiophene rings is 1. The van der Waals surface area contributed by atoms with Gasteiger partial charge in [-0.1, -0.05) is 18.2 Å². The maximum Gasteiger partial charge on any atom is 0.257 e. The molecule has 8 heteroatoms. The molecule has 0 unspecified atom stereocenters. The summed E-state index contributed by atoms with van der Waals surface area (Å²) in [5.41, 5.74) is 1.86. The van der Waals surface area contributed by atoms with Gasteiger partial charge in [-0.05, 0) is 55.1 Å². The number of rotatable bonds is 5. The van der Waals surface area contributed by atoms with Gasteiger partial charge >= 0.3 is 0 Å². The van der Waals surface area contributed by atoms with Crippen LogP contribution >= 0.6 is 22.7 Å². The summed E-state index contributed by atoms with van der Waals surface area (Å²) >= 11 is 3.40. The van der Waals surface area contributed by atoms with Gasteiger partial charge in [-0.25, -0.2) is 9.99 Å². The topological polar surface area (TPSA) is 61.9 Å². The van der Waals surface area contributed by atoms with Gasteiger partial charge in [0.1, 0.15) is 16.5 Å². The van der Waals surface area contributed by atoms with Gasteiger partial charge < -0.3 is 4.42 Å². The van der Waals surface area contributed by atoms with Crippen LogP contribution in [0.2, 0.25) is 0 Å². The third kappa shape index (κ3) is 3.58. The van der Waals surface area contributed by atoms with Crippen molar-refractivity contribution < 1.29 is 9.21 Å². The minimum absolute atomic E-state index is 0.0259. The molecule has 6 nitrogen and oxygen atoms in total. The first-order valence-electron chi connectivity index (χ1n) is 10.8. The summed E-state index contributed by atoms with van der Waals surface area (Å²) in [6.07, 6.45) is 4.42. The molecule has 2 aliphatic rings. The van der Waals surface area contributed by atoms with E-state index >= 15 is 0 Å². The second-order valence-electron chi connectivity index (χ2n) is 8.15. The minimum Gasteiger partial charge on any atom is -0.463 e. The Morgan fingerprint density at radius 3 is 2.88 bits per heavy atom. The molecule has 0 saturated carbocycles. The Kier molecular flexibility index (Phi) is 5.13. The molecular formula is C24H22N4O2S2. The number of benzene rings is 1. The number of likely N-dealkylation sites (tertiary alicyclic amines) is 1. The molecule has 32 heavy (non-hydrogen) atoms. The Morgan fingerprint density at radius 2 is 2.06 bits per heavy atom. The van der Waals surface area contributed by atoms with Crippen LogP contribution in [0.3, 0.4) is 0 Å². The predicted molar refractivity (Wildman–Crippen MR) is 127 cm³/mol. The summed E-state index contributed by atoms with van der Waals surface area (Å²) < 4.78 is 6.77. The van der Waals surface area contributed by atoms with Gasteiger partial charge in [0.2, 0.25) is 0 Å². The third-order valence-corrected chi connectivity index (χ3v) is 8.25. The molecule has 0 spiro atoms. The summed E-state index contributed by atoms with van der Waals surface area (Å²) in [6, 6.07) is 16.2. The number of hydrogen-bond acceptors (Lipinski definition) is 7. The van der Waals surface area contributed by atoms with Gasteiger partial charge in [-0.2, -0.15) is 5.10 Å². The highest BCUT2D eigenvalue weighted by Gasteiger charge is 2.37. The number of para-hydroxylation sites is 1. The smallest absolute Gasteiger partial charge is 0.257 e. The van der Waals surface area contributed by atoms with Crippen molar-refractivity contribution in [2.45, 2.75) is 31.3 Å². The quantitative estimate of drug-likeness (QED) is 0.395. The van der Waals surface area contributed by atoms with Crippen LogP contribution in [0.1, 0.15) is 47.0 Å². The lowest BCUT2D eigenvalue weighted by Crippen LogP contribution is -2.37. The number of amides is 1. The molecule has 5 heterocycles. The Bertz CT molecular complexity index is 1230. The zero-order valence-corrected chi connectivity index (χ0v) is 19.0.